The number of aliphatic carboxylic acids is 1. The Labute approximate surface area is 186 Å². The van der Waals surface area contributed by atoms with Gasteiger partial charge in [-0.15, -0.1) is 0 Å². The van der Waals surface area contributed by atoms with Crippen molar-refractivity contribution in [1.82, 2.24) is 4.90 Å². The van der Waals surface area contributed by atoms with Crippen molar-refractivity contribution in [2.75, 3.05) is 6.54 Å². The highest BCUT2D eigenvalue weighted by Gasteiger charge is 2.36. The fourth-order valence-electron chi connectivity index (χ4n) is 4.29. The highest BCUT2D eigenvalue weighted by molar-refractivity contribution is 5.73. The van der Waals surface area contributed by atoms with Crippen molar-refractivity contribution in [3.8, 4) is 5.75 Å². The van der Waals surface area contributed by atoms with E-state index >= 15 is 0 Å². The summed E-state index contributed by atoms with van der Waals surface area (Å²) in [6.07, 6.45) is 2.12. The van der Waals surface area contributed by atoms with Crippen LogP contribution in [0.15, 0.2) is 72.8 Å². The Morgan fingerprint density at radius 2 is 1.78 bits per heavy atom. The largest absolute Gasteiger partial charge is 0.489 e. The van der Waals surface area contributed by atoms with E-state index in [2.05, 4.69) is 0 Å². The molecule has 3 aromatic carbocycles. The summed E-state index contributed by atoms with van der Waals surface area (Å²) >= 11 is 0. The molecule has 166 valence electrons. The summed E-state index contributed by atoms with van der Waals surface area (Å²) in [6.45, 7) is 0.939. The number of hydrogen-bond donors (Lipinski definition) is 1. The van der Waals surface area contributed by atoms with Crippen molar-refractivity contribution in [2.45, 2.75) is 38.0 Å². The van der Waals surface area contributed by atoms with Crippen molar-refractivity contribution in [3.05, 3.63) is 101 Å². The number of ether oxygens (including phenoxy) is 1. The van der Waals surface area contributed by atoms with E-state index in [-0.39, 0.29) is 5.56 Å². The summed E-state index contributed by atoms with van der Waals surface area (Å²) in [4.78, 5) is 13.7. The molecule has 0 aromatic heterocycles. The van der Waals surface area contributed by atoms with Crippen molar-refractivity contribution >= 4 is 5.97 Å². The van der Waals surface area contributed by atoms with Crippen molar-refractivity contribution < 1.29 is 23.4 Å². The number of carboxylic acid groups (broad SMARTS) is 1. The highest BCUT2D eigenvalue weighted by Crippen LogP contribution is 2.36. The van der Waals surface area contributed by atoms with E-state index in [1.165, 1.54) is 12.1 Å². The second-order valence-corrected chi connectivity index (χ2v) is 8.00. The average molecular weight is 437 g/mol. The predicted octanol–water partition coefficient (Wildman–Crippen LogP) is 5.57. The Kier molecular flexibility index (Phi) is 6.81. The van der Waals surface area contributed by atoms with Crippen LogP contribution in [0.2, 0.25) is 0 Å². The van der Waals surface area contributed by atoms with E-state index < -0.39 is 29.7 Å². The first kappa shape index (κ1) is 22.0. The number of likely N-dealkylation sites (tertiary alicyclic amines) is 1. The molecule has 1 fully saturated rings. The highest BCUT2D eigenvalue weighted by atomic mass is 19.1. The molecule has 4 rings (SSSR count). The molecule has 6 heteroatoms. The van der Waals surface area contributed by atoms with Crippen LogP contribution in [0.3, 0.4) is 0 Å². The minimum absolute atomic E-state index is 0.262. The fraction of sp³-hybridized carbons (Fsp3) is 0.269. The fourth-order valence-corrected chi connectivity index (χ4v) is 4.29. The van der Waals surface area contributed by atoms with Gasteiger partial charge < -0.3 is 9.84 Å². The Balaban J connectivity index is 1.64. The molecule has 3 aromatic rings. The number of carboxylic acids is 1. The Morgan fingerprint density at radius 3 is 2.47 bits per heavy atom. The van der Waals surface area contributed by atoms with Crippen LogP contribution >= 0.6 is 0 Å². The second-order valence-electron chi connectivity index (χ2n) is 8.00. The van der Waals surface area contributed by atoms with Gasteiger partial charge in [0.1, 0.15) is 30.0 Å². The van der Waals surface area contributed by atoms with E-state index in [0.717, 1.165) is 30.0 Å². The van der Waals surface area contributed by atoms with Gasteiger partial charge in [-0.25, -0.2) is 8.78 Å². The first-order valence-electron chi connectivity index (χ1n) is 10.7. The number of piperidine rings is 1. The molecular formula is C26H25F2NO3. The van der Waals surface area contributed by atoms with Gasteiger partial charge in [0.05, 0.1) is 6.04 Å². The monoisotopic (exact) mass is 437 g/mol. The summed E-state index contributed by atoms with van der Waals surface area (Å²) in [5.41, 5.74) is 2.04. The van der Waals surface area contributed by atoms with E-state index in [1.54, 1.807) is 12.1 Å². The van der Waals surface area contributed by atoms with Gasteiger partial charge in [-0.1, -0.05) is 55.0 Å². The molecule has 1 saturated heterocycles. The van der Waals surface area contributed by atoms with Crippen molar-refractivity contribution in [1.29, 1.82) is 0 Å². The number of nitrogens with zero attached hydrogens (tertiary/aromatic N) is 1. The van der Waals surface area contributed by atoms with Crippen LogP contribution < -0.4 is 4.74 Å². The Bertz CT molecular complexity index is 1060. The Morgan fingerprint density at radius 1 is 1.03 bits per heavy atom. The lowest BCUT2D eigenvalue weighted by atomic mass is 9.91. The summed E-state index contributed by atoms with van der Waals surface area (Å²) in [6, 6.07) is 19.1. The van der Waals surface area contributed by atoms with Gasteiger partial charge in [-0.3, -0.25) is 9.69 Å². The number of halogens is 2. The maximum Gasteiger partial charge on any atom is 0.320 e. The lowest BCUT2D eigenvalue weighted by Crippen LogP contribution is -2.47. The van der Waals surface area contributed by atoms with Gasteiger partial charge in [0, 0.05) is 11.6 Å². The first-order valence-corrected chi connectivity index (χ1v) is 10.7. The molecule has 1 N–H and O–H groups in total. The first-order chi connectivity index (χ1) is 15.5. The summed E-state index contributed by atoms with van der Waals surface area (Å²) in [5, 5.41) is 9.77. The standard InChI is InChI=1S/C26H25F2NO3/c27-20-11-14-22(23(28)16-20)25(29-15-5-4-8-24(29)26(30)31)19-9-12-21(13-10-19)32-17-18-6-2-1-3-7-18/h1-3,6-7,9-14,16,24-25H,4-5,8,15,17H2,(H,30,31). The molecule has 2 unspecified atom stereocenters. The van der Waals surface area contributed by atoms with E-state index in [9.17, 15) is 18.7 Å². The minimum Gasteiger partial charge on any atom is -0.489 e. The Hall–Kier alpha value is -3.25. The maximum atomic E-state index is 14.8. The average Bonchev–Trinajstić information content (AvgIpc) is 2.81. The lowest BCUT2D eigenvalue weighted by molar-refractivity contribution is -0.145. The van der Waals surface area contributed by atoms with E-state index in [4.69, 9.17) is 4.74 Å². The number of hydrogen-bond acceptors (Lipinski definition) is 3. The molecule has 0 saturated carbocycles. The zero-order chi connectivity index (χ0) is 22.5. The van der Waals surface area contributed by atoms with Crippen LogP contribution in [0.25, 0.3) is 0 Å². The summed E-state index contributed by atoms with van der Waals surface area (Å²) in [7, 11) is 0. The van der Waals surface area contributed by atoms with Crippen LogP contribution in [0.4, 0.5) is 8.78 Å². The topological polar surface area (TPSA) is 49.8 Å². The van der Waals surface area contributed by atoms with Gasteiger partial charge in [-0.2, -0.15) is 0 Å². The number of carbonyl (C=O) groups is 1. The molecule has 1 aliphatic rings. The third-order valence-electron chi connectivity index (χ3n) is 5.86. The SMILES string of the molecule is O=C(O)C1CCCCN1C(c1ccc(OCc2ccccc2)cc1)c1ccc(F)cc1F. The molecule has 1 aliphatic heterocycles. The van der Waals surface area contributed by atoms with Gasteiger partial charge in [0.25, 0.3) is 0 Å². The zero-order valence-corrected chi connectivity index (χ0v) is 17.6. The second kappa shape index (κ2) is 9.92. The zero-order valence-electron chi connectivity index (χ0n) is 17.6. The molecule has 0 aliphatic carbocycles. The molecule has 4 nitrogen and oxygen atoms in total. The van der Waals surface area contributed by atoms with Crippen LogP contribution in [0, 0.1) is 11.6 Å². The minimum atomic E-state index is -0.931. The summed E-state index contributed by atoms with van der Waals surface area (Å²) in [5.74, 6) is -1.62. The molecule has 0 spiro atoms. The number of benzene rings is 3. The predicted molar refractivity (Wildman–Crippen MR) is 117 cm³/mol. The molecule has 32 heavy (non-hydrogen) atoms. The third kappa shape index (κ3) is 4.97. The molecule has 0 bridgehead atoms. The van der Waals surface area contributed by atoms with Gasteiger partial charge >= 0.3 is 5.97 Å². The molecule has 1 heterocycles. The normalized spacial score (nSPS) is 17.6. The molecule has 2 atom stereocenters. The third-order valence-corrected chi connectivity index (χ3v) is 5.86. The van der Waals surface area contributed by atoms with E-state index in [1.807, 2.05) is 47.4 Å². The van der Waals surface area contributed by atoms with Crippen molar-refractivity contribution in [3.63, 3.8) is 0 Å². The quantitative estimate of drug-likeness (QED) is 0.525. The molecular weight excluding hydrogens is 412 g/mol. The molecule has 0 radical (unpaired) electrons. The molecule has 0 amide bonds. The van der Waals surface area contributed by atoms with Crippen molar-refractivity contribution in [2.24, 2.45) is 0 Å². The van der Waals surface area contributed by atoms with Gasteiger partial charge in [-0.05, 0) is 48.7 Å². The van der Waals surface area contributed by atoms with E-state index in [0.29, 0.717) is 25.3 Å². The maximum absolute atomic E-state index is 14.8. The smallest absolute Gasteiger partial charge is 0.320 e. The van der Waals surface area contributed by atoms with Crippen LogP contribution in [-0.4, -0.2) is 28.6 Å². The lowest BCUT2D eigenvalue weighted by Gasteiger charge is -2.39. The van der Waals surface area contributed by atoms with Gasteiger partial charge in [0.2, 0.25) is 0 Å². The summed E-state index contributed by atoms with van der Waals surface area (Å²) < 4.78 is 34.2. The number of rotatable bonds is 7. The van der Waals surface area contributed by atoms with Gasteiger partial charge in [0.15, 0.2) is 0 Å². The van der Waals surface area contributed by atoms with Crippen LogP contribution in [0.1, 0.15) is 42.0 Å². The van der Waals surface area contributed by atoms with Crippen LogP contribution in [-0.2, 0) is 11.4 Å². The van der Waals surface area contributed by atoms with Crippen LogP contribution in [0.5, 0.6) is 5.75 Å².